The quantitative estimate of drug-likeness (QED) is 0.634. The van der Waals surface area contributed by atoms with Crippen molar-refractivity contribution in [3.8, 4) is 5.75 Å². The number of halogens is 1. The number of methoxy groups -OCH3 is 1. The molecule has 7 nitrogen and oxygen atoms in total. The molecule has 0 saturated carbocycles. The van der Waals surface area contributed by atoms with E-state index in [-0.39, 0.29) is 12.4 Å². The Balaban J connectivity index is 1.66. The van der Waals surface area contributed by atoms with Crippen molar-refractivity contribution < 1.29 is 23.5 Å². The third-order valence-electron chi connectivity index (χ3n) is 5.54. The molecule has 164 valence electrons. The van der Waals surface area contributed by atoms with Crippen molar-refractivity contribution in [1.82, 2.24) is 15.5 Å². The number of carbonyl (C=O) groups excluding carboxylic acids is 3. The van der Waals surface area contributed by atoms with Gasteiger partial charge in [-0.1, -0.05) is 25.1 Å². The van der Waals surface area contributed by atoms with Gasteiger partial charge in [-0.3, -0.25) is 14.5 Å². The number of hydrogen-bond donors (Lipinski definition) is 2. The van der Waals surface area contributed by atoms with E-state index in [4.69, 9.17) is 4.74 Å². The molecule has 2 N–H and O–H groups in total. The molecule has 4 amide bonds. The molecule has 2 aromatic carbocycles. The summed E-state index contributed by atoms with van der Waals surface area (Å²) in [5.74, 6) is -0.538. The lowest BCUT2D eigenvalue weighted by Gasteiger charge is -2.26. The van der Waals surface area contributed by atoms with Crippen LogP contribution in [0.2, 0.25) is 0 Å². The van der Waals surface area contributed by atoms with Crippen LogP contribution >= 0.6 is 0 Å². The molecule has 0 radical (unpaired) electrons. The lowest BCUT2D eigenvalue weighted by molar-refractivity contribution is -0.135. The number of nitrogens with one attached hydrogen (secondary N) is 2. The Hall–Kier alpha value is -3.42. The number of urea groups is 1. The van der Waals surface area contributed by atoms with Gasteiger partial charge in [0, 0.05) is 6.54 Å². The SMILES string of the molecule is CCC1(c2ccc(OC)c(C)c2)NC(=O)N(CC(=O)NCCc2ccc(F)cc2)C1=O. The standard InChI is InChI=1S/C23H26FN3O4/c1-4-23(17-7-10-19(31-3)15(2)13-17)21(29)27(22(30)26-23)14-20(28)25-12-11-16-5-8-18(24)9-6-16/h5-10,13H,4,11-12,14H2,1-3H3,(H,25,28)(H,26,30). The summed E-state index contributed by atoms with van der Waals surface area (Å²) >= 11 is 0. The number of imide groups is 1. The molecule has 1 unspecified atom stereocenters. The number of benzene rings is 2. The molecule has 0 aliphatic carbocycles. The zero-order valence-electron chi connectivity index (χ0n) is 17.8. The minimum atomic E-state index is -1.22. The number of amides is 4. The second-order valence-electron chi connectivity index (χ2n) is 7.49. The lowest BCUT2D eigenvalue weighted by atomic mass is 9.86. The Morgan fingerprint density at radius 1 is 1.19 bits per heavy atom. The first-order chi connectivity index (χ1) is 14.8. The van der Waals surface area contributed by atoms with Crippen LogP contribution in [0, 0.1) is 12.7 Å². The maximum atomic E-state index is 13.2. The Morgan fingerprint density at radius 3 is 2.52 bits per heavy atom. The lowest BCUT2D eigenvalue weighted by Crippen LogP contribution is -2.45. The van der Waals surface area contributed by atoms with E-state index in [1.165, 1.54) is 12.1 Å². The fraction of sp³-hybridized carbons (Fsp3) is 0.348. The Morgan fingerprint density at radius 2 is 1.90 bits per heavy atom. The van der Waals surface area contributed by atoms with Crippen LogP contribution in [0.4, 0.5) is 9.18 Å². The van der Waals surface area contributed by atoms with Crippen LogP contribution in [0.1, 0.15) is 30.0 Å². The van der Waals surface area contributed by atoms with Crippen LogP contribution in [0.15, 0.2) is 42.5 Å². The van der Waals surface area contributed by atoms with Gasteiger partial charge in [0.1, 0.15) is 23.7 Å². The highest BCUT2D eigenvalue weighted by Gasteiger charge is 2.51. The minimum absolute atomic E-state index is 0.310. The third-order valence-corrected chi connectivity index (χ3v) is 5.54. The average Bonchev–Trinajstić information content (AvgIpc) is 3.00. The predicted molar refractivity (Wildman–Crippen MR) is 113 cm³/mol. The molecule has 1 fully saturated rings. The topological polar surface area (TPSA) is 87.7 Å². The van der Waals surface area contributed by atoms with Gasteiger partial charge in [-0.2, -0.15) is 0 Å². The van der Waals surface area contributed by atoms with Gasteiger partial charge < -0.3 is 15.4 Å². The minimum Gasteiger partial charge on any atom is -0.496 e. The largest absolute Gasteiger partial charge is 0.496 e. The van der Waals surface area contributed by atoms with Crippen molar-refractivity contribution in [2.45, 2.75) is 32.2 Å². The van der Waals surface area contributed by atoms with Gasteiger partial charge in [-0.15, -0.1) is 0 Å². The molecule has 31 heavy (non-hydrogen) atoms. The Bertz CT molecular complexity index is 993. The summed E-state index contributed by atoms with van der Waals surface area (Å²) in [4.78, 5) is 39.0. The van der Waals surface area contributed by atoms with Gasteiger partial charge in [0.05, 0.1) is 7.11 Å². The summed E-state index contributed by atoms with van der Waals surface area (Å²) < 4.78 is 18.2. The van der Waals surface area contributed by atoms with E-state index in [2.05, 4.69) is 10.6 Å². The zero-order chi connectivity index (χ0) is 22.6. The predicted octanol–water partition coefficient (Wildman–Crippen LogP) is 2.66. The fourth-order valence-electron chi connectivity index (χ4n) is 3.75. The van der Waals surface area contributed by atoms with Crippen LogP contribution < -0.4 is 15.4 Å². The van der Waals surface area contributed by atoms with Crippen molar-refractivity contribution in [2.75, 3.05) is 20.2 Å². The van der Waals surface area contributed by atoms with Gasteiger partial charge in [0.25, 0.3) is 5.91 Å². The third kappa shape index (κ3) is 4.52. The van der Waals surface area contributed by atoms with Crippen molar-refractivity contribution in [3.05, 3.63) is 65.0 Å². The molecular formula is C23H26FN3O4. The molecule has 1 saturated heterocycles. The van der Waals surface area contributed by atoms with Gasteiger partial charge in [0.15, 0.2) is 0 Å². The fourth-order valence-corrected chi connectivity index (χ4v) is 3.75. The van der Waals surface area contributed by atoms with E-state index in [1.807, 2.05) is 19.9 Å². The molecule has 3 rings (SSSR count). The first-order valence-electron chi connectivity index (χ1n) is 10.1. The summed E-state index contributed by atoms with van der Waals surface area (Å²) in [5, 5.41) is 5.47. The van der Waals surface area contributed by atoms with Crippen LogP contribution in [0.3, 0.4) is 0 Å². The second kappa shape index (κ2) is 9.16. The highest BCUT2D eigenvalue weighted by molar-refractivity contribution is 6.09. The van der Waals surface area contributed by atoms with Crippen molar-refractivity contribution >= 4 is 17.8 Å². The summed E-state index contributed by atoms with van der Waals surface area (Å²) in [6.07, 6.45) is 0.849. The van der Waals surface area contributed by atoms with E-state index in [0.717, 1.165) is 16.0 Å². The number of rotatable bonds is 8. The molecule has 2 aromatic rings. The second-order valence-corrected chi connectivity index (χ2v) is 7.49. The summed E-state index contributed by atoms with van der Waals surface area (Å²) in [6, 6.07) is 10.7. The molecule has 1 aliphatic rings. The maximum Gasteiger partial charge on any atom is 0.325 e. The molecular weight excluding hydrogens is 401 g/mol. The molecule has 8 heteroatoms. The Kier molecular flexibility index (Phi) is 6.58. The van der Waals surface area contributed by atoms with Crippen molar-refractivity contribution in [3.63, 3.8) is 0 Å². The number of carbonyl (C=O) groups is 3. The summed E-state index contributed by atoms with van der Waals surface area (Å²) in [6.45, 7) is 3.61. The van der Waals surface area contributed by atoms with Gasteiger partial charge in [-0.25, -0.2) is 9.18 Å². The average molecular weight is 427 g/mol. The highest BCUT2D eigenvalue weighted by atomic mass is 19.1. The van der Waals surface area contributed by atoms with Crippen LogP contribution in [-0.2, 0) is 21.5 Å². The van der Waals surface area contributed by atoms with Crippen LogP contribution in [0.25, 0.3) is 0 Å². The number of nitrogens with zero attached hydrogens (tertiary/aromatic N) is 1. The highest BCUT2D eigenvalue weighted by Crippen LogP contribution is 2.34. The normalized spacial score (nSPS) is 18.1. The van der Waals surface area contributed by atoms with Gasteiger partial charge in [0.2, 0.25) is 5.91 Å². The smallest absolute Gasteiger partial charge is 0.325 e. The maximum absolute atomic E-state index is 13.2. The van der Waals surface area contributed by atoms with Gasteiger partial charge in [-0.05, 0) is 60.7 Å². The number of aryl methyl sites for hydroxylation is 1. The first kappa shape index (κ1) is 22.3. The monoisotopic (exact) mass is 427 g/mol. The number of hydrogen-bond acceptors (Lipinski definition) is 4. The molecule has 1 atom stereocenters. The zero-order valence-corrected chi connectivity index (χ0v) is 17.8. The van der Waals surface area contributed by atoms with Crippen molar-refractivity contribution in [1.29, 1.82) is 0 Å². The molecule has 0 bridgehead atoms. The van der Waals surface area contributed by atoms with E-state index >= 15 is 0 Å². The van der Waals surface area contributed by atoms with Gasteiger partial charge >= 0.3 is 6.03 Å². The molecule has 1 heterocycles. The van der Waals surface area contributed by atoms with Crippen LogP contribution in [0.5, 0.6) is 5.75 Å². The van der Waals surface area contributed by atoms with Crippen molar-refractivity contribution in [2.24, 2.45) is 0 Å². The van der Waals surface area contributed by atoms with E-state index in [0.29, 0.717) is 30.7 Å². The molecule has 0 spiro atoms. The molecule has 0 aromatic heterocycles. The Labute approximate surface area is 180 Å². The molecule has 1 aliphatic heterocycles. The van der Waals surface area contributed by atoms with E-state index in [1.54, 1.807) is 31.4 Å². The first-order valence-corrected chi connectivity index (χ1v) is 10.1. The van der Waals surface area contributed by atoms with Crippen LogP contribution in [-0.4, -0.2) is 42.9 Å². The summed E-state index contributed by atoms with van der Waals surface area (Å²) in [7, 11) is 1.57. The summed E-state index contributed by atoms with van der Waals surface area (Å²) in [5.41, 5.74) is 1.14. The van der Waals surface area contributed by atoms with E-state index in [9.17, 15) is 18.8 Å². The number of ether oxygens (including phenoxy) is 1. The van der Waals surface area contributed by atoms with E-state index < -0.39 is 23.4 Å².